The molecule has 5 rings (SSSR count). The maximum absolute atomic E-state index is 13.4. The predicted octanol–water partition coefficient (Wildman–Crippen LogP) is 3.00. The lowest BCUT2D eigenvalue weighted by molar-refractivity contribution is -0.143. The number of carbonyl (C=O) groups is 3. The van der Waals surface area contributed by atoms with Gasteiger partial charge in [-0.15, -0.1) is 11.3 Å². The van der Waals surface area contributed by atoms with Crippen LogP contribution in [0, 0.1) is 11.8 Å². The van der Waals surface area contributed by atoms with Gasteiger partial charge >= 0.3 is 0 Å². The van der Waals surface area contributed by atoms with Crippen LogP contribution in [0.2, 0.25) is 0 Å². The zero-order chi connectivity index (χ0) is 21.4. The van der Waals surface area contributed by atoms with Crippen molar-refractivity contribution in [3.63, 3.8) is 0 Å². The van der Waals surface area contributed by atoms with E-state index in [-0.39, 0.29) is 36.1 Å². The zero-order valence-corrected chi connectivity index (χ0v) is 17.7. The number of amides is 3. The molecule has 1 aromatic carbocycles. The van der Waals surface area contributed by atoms with Gasteiger partial charge in [-0.3, -0.25) is 19.3 Å². The number of thiophene rings is 1. The maximum Gasteiger partial charge on any atom is 0.247 e. The topological polar surface area (TPSA) is 76.2 Å². The number of rotatable bonds is 5. The van der Waals surface area contributed by atoms with Crippen molar-refractivity contribution < 1.29 is 23.9 Å². The molecule has 2 aliphatic heterocycles. The van der Waals surface area contributed by atoms with Gasteiger partial charge in [-0.05, 0) is 36.4 Å². The molecule has 1 saturated heterocycles. The largest absolute Gasteiger partial charge is 0.486 e. The lowest BCUT2D eigenvalue weighted by Crippen LogP contribution is -2.43. The normalized spacial score (nSPS) is 21.9. The zero-order valence-electron chi connectivity index (χ0n) is 16.9. The Hall–Kier alpha value is -3.13. The van der Waals surface area contributed by atoms with Gasteiger partial charge in [0.2, 0.25) is 17.7 Å². The van der Waals surface area contributed by atoms with Gasteiger partial charge in [0, 0.05) is 16.6 Å². The highest BCUT2D eigenvalue weighted by molar-refractivity contribution is 7.09. The van der Waals surface area contributed by atoms with Crippen LogP contribution in [-0.4, -0.2) is 42.4 Å². The smallest absolute Gasteiger partial charge is 0.247 e. The molecule has 0 N–H and O–H groups in total. The van der Waals surface area contributed by atoms with Gasteiger partial charge in [0.25, 0.3) is 0 Å². The summed E-state index contributed by atoms with van der Waals surface area (Å²) in [5, 5.41) is 1.95. The van der Waals surface area contributed by atoms with Crippen LogP contribution in [-0.2, 0) is 20.9 Å². The third kappa shape index (κ3) is 3.72. The summed E-state index contributed by atoms with van der Waals surface area (Å²) >= 11 is 1.55. The molecular weight excluding hydrogens is 416 g/mol. The first-order valence-corrected chi connectivity index (χ1v) is 11.2. The third-order valence-electron chi connectivity index (χ3n) is 5.92. The highest BCUT2D eigenvalue weighted by Crippen LogP contribution is 2.37. The van der Waals surface area contributed by atoms with Crippen molar-refractivity contribution >= 4 is 34.7 Å². The number of carbonyl (C=O) groups excluding carboxylic acids is 3. The van der Waals surface area contributed by atoms with Crippen molar-refractivity contribution in [3.05, 3.63) is 52.7 Å². The van der Waals surface area contributed by atoms with E-state index < -0.39 is 0 Å². The molecule has 160 valence electrons. The summed E-state index contributed by atoms with van der Waals surface area (Å²) in [7, 11) is 0. The first-order chi connectivity index (χ1) is 15.1. The Morgan fingerprint density at radius 3 is 2.42 bits per heavy atom. The van der Waals surface area contributed by atoms with Crippen molar-refractivity contribution in [1.29, 1.82) is 0 Å². The van der Waals surface area contributed by atoms with Crippen LogP contribution in [0.4, 0.5) is 5.69 Å². The number of anilines is 1. The molecule has 31 heavy (non-hydrogen) atoms. The second kappa shape index (κ2) is 8.19. The summed E-state index contributed by atoms with van der Waals surface area (Å²) in [4.78, 5) is 42.8. The predicted molar refractivity (Wildman–Crippen MR) is 115 cm³/mol. The number of hydrogen-bond acceptors (Lipinski definition) is 6. The number of fused-ring (bicyclic) bond motifs is 2. The molecule has 0 spiro atoms. The quantitative estimate of drug-likeness (QED) is 0.530. The summed E-state index contributed by atoms with van der Waals surface area (Å²) in [6.45, 7) is 1.02. The fourth-order valence-electron chi connectivity index (χ4n) is 4.33. The molecular formula is C23H22N2O5S. The van der Waals surface area contributed by atoms with E-state index in [1.54, 1.807) is 34.4 Å². The molecule has 8 heteroatoms. The van der Waals surface area contributed by atoms with E-state index >= 15 is 0 Å². The van der Waals surface area contributed by atoms with Crippen LogP contribution in [0.25, 0.3) is 0 Å². The standard InChI is InChI=1S/C23H22N2O5S/c26-21(14-25-22(27)17-5-1-2-6-18(17)23(25)28)24(13-16-4-3-11-31-16)15-7-8-19-20(12-15)30-10-9-29-19/h1-4,7-8,11-12,17-18H,5-6,9-10,13-14H2/t17-,18+. The van der Waals surface area contributed by atoms with Crippen LogP contribution >= 0.6 is 11.3 Å². The Balaban J connectivity index is 1.41. The molecule has 7 nitrogen and oxygen atoms in total. The van der Waals surface area contributed by atoms with E-state index in [1.165, 1.54) is 0 Å². The number of benzene rings is 1. The maximum atomic E-state index is 13.4. The molecule has 3 aliphatic rings. The molecule has 1 aliphatic carbocycles. The molecule has 1 aromatic heterocycles. The minimum Gasteiger partial charge on any atom is -0.486 e. The van der Waals surface area contributed by atoms with Gasteiger partial charge in [-0.1, -0.05) is 18.2 Å². The van der Waals surface area contributed by atoms with E-state index in [1.807, 2.05) is 29.7 Å². The number of imide groups is 1. The highest BCUT2D eigenvalue weighted by Gasteiger charge is 2.48. The summed E-state index contributed by atoms with van der Waals surface area (Å²) in [6.07, 6.45) is 4.99. The van der Waals surface area contributed by atoms with Crippen molar-refractivity contribution in [2.24, 2.45) is 11.8 Å². The van der Waals surface area contributed by atoms with E-state index in [4.69, 9.17) is 9.47 Å². The van der Waals surface area contributed by atoms with E-state index in [0.717, 1.165) is 9.78 Å². The number of hydrogen-bond donors (Lipinski definition) is 0. The molecule has 2 atom stereocenters. The Morgan fingerprint density at radius 1 is 1.03 bits per heavy atom. The summed E-state index contributed by atoms with van der Waals surface area (Å²) < 4.78 is 11.3. The molecule has 1 fully saturated rings. The van der Waals surface area contributed by atoms with E-state index in [2.05, 4.69) is 0 Å². The highest BCUT2D eigenvalue weighted by atomic mass is 32.1. The molecule has 2 aromatic rings. The molecule has 0 saturated carbocycles. The van der Waals surface area contributed by atoms with E-state index in [9.17, 15) is 14.4 Å². The Morgan fingerprint density at radius 2 is 1.74 bits per heavy atom. The lowest BCUT2D eigenvalue weighted by Gasteiger charge is -2.26. The monoisotopic (exact) mass is 438 g/mol. The van der Waals surface area contributed by atoms with Crippen LogP contribution < -0.4 is 14.4 Å². The Kier molecular flexibility index (Phi) is 5.23. The van der Waals surface area contributed by atoms with Crippen LogP contribution in [0.5, 0.6) is 11.5 Å². The molecule has 0 radical (unpaired) electrons. The van der Waals surface area contributed by atoms with Crippen LogP contribution in [0.1, 0.15) is 17.7 Å². The molecule has 3 amide bonds. The number of nitrogens with zero attached hydrogens (tertiary/aromatic N) is 2. The number of ether oxygens (including phenoxy) is 2. The van der Waals surface area contributed by atoms with Crippen molar-refractivity contribution in [2.45, 2.75) is 19.4 Å². The molecule has 0 bridgehead atoms. The summed E-state index contributed by atoms with van der Waals surface area (Å²) in [5.41, 5.74) is 0.640. The fourth-order valence-corrected chi connectivity index (χ4v) is 5.02. The van der Waals surface area contributed by atoms with Gasteiger partial charge in [-0.2, -0.15) is 0 Å². The van der Waals surface area contributed by atoms with Gasteiger partial charge < -0.3 is 14.4 Å². The number of likely N-dealkylation sites (tertiary alicyclic amines) is 1. The Labute approximate surface area is 183 Å². The second-order valence-corrected chi connectivity index (χ2v) is 8.84. The minimum absolute atomic E-state index is 0.244. The van der Waals surface area contributed by atoms with Gasteiger partial charge in [0.05, 0.1) is 18.4 Å². The van der Waals surface area contributed by atoms with Gasteiger partial charge in [0.1, 0.15) is 19.8 Å². The summed E-state index contributed by atoms with van der Waals surface area (Å²) in [6, 6.07) is 9.24. The van der Waals surface area contributed by atoms with E-state index in [0.29, 0.717) is 49.8 Å². The first-order valence-electron chi connectivity index (χ1n) is 10.3. The Bertz CT molecular complexity index is 1020. The average molecular weight is 439 g/mol. The first kappa shape index (κ1) is 19.8. The van der Waals surface area contributed by atoms with Crippen molar-refractivity contribution in [3.8, 4) is 11.5 Å². The fraction of sp³-hybridized carbons (Fsp3) is 0.348. The lowest BCUT2D eigenvalue weighted by atomic mass is 9.85. The van der Waals surface area contributed by atoms with Gasteiger partial charge in [-0.25, -0.2) is 0 Å². The molecule has 3 heterocycles. The molecule has 0 unspecified atom stereocenters. The van der Waals surface area contributed by atoms with Crippen molar-refractivity contribution in [1.82, 2.24) is 4.90 Å². The SMILES string of the molecule is O=C1[C@H]2CC=CC[C@H]2C(=O)N1CC(=O)N(Cc1cccs1)c1ccc2c(c1)OCCO2. The van der Waals surface area contributed by atoms with Gasteiger partial charge in [0.15, 0.2) is 11.5 Å². The third-order valence-corrected chi connectivity index (χ3v) is 6.79. The number of allylic oxidation sites excluding steroid dienone is 2. The average Bonchev–Trinajstić information content (AvgIpc) is 3.40. The van der Waals surface area contributed by atoms with Crippen molar-refractivity contribution in [2.75, 3.05) is 24.7 Å². The summed E-state index contributed by atoms with van der Waals surface area (Å²) in [5.74, 6) is -0.260. The second-order valence-electron chi connectivity index (χ2n) is 7.81. The minimum atomic E-state index is -0.342. The van der Waals surface area contributed by atoms with Crippen LogP contribution in [0.3, 0.4) is 0 Å². The van der Waals surface area contributed by atoms with Crippen LogP contribution in [0.15, 0.2) is 47.9 Å².